The molecular weight excluding hydrogens is 877 g/mol. The molecule has 0 aliphatic rings. The number of carbonyl (C=O) groups excluding carboxylic acids is 1. The maximum Gasteiger partial charge on any atom is 0.341 e. The molecule has 0 radical (unpaired) electrons. The van der Waals surface area contributed by atoms with E-state index in [-0.39, 0.29) is 11.1 Å². The van der Waals surface area contributed by atoms with Gasteiger partial charge in [-0.2, -0.15) is 8.42 Å². The van der Waals surface area contributed by atoms with Gasteiger partial charge in [0.05, 0.1) is 5.56 Å². The van der Waals surface area contributed by atoms with Crippen LogP contribution in [0.1, 0.15) is 21.4 Å². The molecule has 1 unspecified atom stereocenters. The van der Waals surface area contributed by atoms with Crippen molar-refractivity contribution in [2.45, 2.75) is 5.44 Å². The lowest BCUT2D eigenvalue weighted by Gasteiger charge is -2.21. The molecule has 0 spiro atoms. The summed E-state index contributed by atoms with van der Waals surface area (Å²) in [6, 6.07) is 35.3. The van der Waals surface area contributed by atoms with Gasteiger partial charge in [-0.25, -0.2) is 4.79 Å². The lowest BCUT2D eigenvalue weighted by Crippen LogP contribution is -2.20. The molecule has 5 rings (SSSR count). The molecule has 5 aromatic carbocycles. The van der Waals surface area contributed by atoms with Crippen LogP contribution in [-0.4, -0.2) is 18.9 Å². The molecule has 0 bridgehead atoms. The molecule has 0 amide bonds. The van der Waals surface area contributed by atoms with Gasteiger partial charge in [0.1, 0.15) is 0 Å². The van der Waals surface area contributed by atoms with E-state index < -0.39 is 21.5 Å². The van der Waals surface area contributed by atoms with Crippen LogP contribution in [0.25, 0.3) is 33.4 Å². The van der Waals surface area contributed by atoms with Crippen LogP contribution >= 0.6 is 67.8 Å². The van der Waals surface area contributed by atoms with Crippen LogP contribution in [0.15, 0.2) is 115 Å². The molecule has 9 heteroatoms. The molecule has 5 aromatic rings. The number of hydrogen-bond donors (Lipinski definition) is 1. The van der Waals surface area contributed by atoms with Crippen molar-refractivity contribution in [3.8, 4) is 33.4 Å². The second kappa shape index (κ2) is 12.9. The van der Waals surface area contributed by atoms with Gasteiger partial charge in [-0.1, -0.05) is 66.7 Å². The van der Waals surface area contributed by atoms with Crippen molar-refractivity contribution in [3.05, 3.63) is 137 Å². The van der Waals surface area contributed by atoms with Crippen molar-refractivity contribution in [1.29, 1.82) is 0 Å². The summed E-state index contributed by atoms with van der Waals surface area (Å²) in [7, 11) is -4.79. The van der Waals surface area contributed by atoms with E-state index >= 15 is 0 Å². The third-order valence-corrected chi connectivity index (χ3v) is 9.45. The molecule has 41 heavy (non-hydrogen) atoms. The third-order valence-electron chi connectivity index (χ3n) is 6.39. The molecule has 206 valence electrons. The monoisotopic (exact) mass is 898 g/mol. The molecule has 0 fully saturated rings. The molecule has 0 aromatic heterocycles. The molecule has 0 saturated carbocycles. The fourth-order valence-electron chi connectivity index (χ4n) is 4.45. The van der Waals surface area contributed by atoms with E-state index in [2.05, 4.69) is 67.8 Å². The molecule has 5 nitrogen and oxygen atoms in total. The van der Waals surface area contributed by atoms with Crippen LogP contribution in [-0.2, 0) is 14.9 Å². The van der Waals surface area contributed by atoms with Gasteiger partial charge >= 0.3 is 16.1 Å². The normalized spacial score (nSPS) is 12.1. The van der Waals surface area contributed by atoms with Gasteiger partial charge < -0.3 is 4.74 Å². The van der Waals surface area contributed by atoms with Gasteiger partial charge in [0.25, 0.3) is 5.44 Å². The minimum absolute atomic E-state index is 0.144. The Balaban J connectivity index is 1.77. The summed E-state index contributed by atoms with van der Waals surface area (Å²) in [4.78, 5) is 14.1. The molecule has 0 heterocycles. The highest BCUT2D eigenvalue weighted by Gasteiger charge is 2.32. The lowest BCUT2D eigenvalue weighted by molar-refractivity contribution is 0.0429. The first-order valence-corrected chi connectivity index (χ1v) is 17.0. The predicted molar refractivity (Wildman–Crippen MR) is 187 cm³/mol. The molecular formula is C32H21I3O5S. The zero-order valence-electron chi connectivity index (χ0n) is 21.2. The molecule has 0 aliphatic carbocycles. The van der Waals surface area contributed by atoms with Crippen molar-refractivity contribution in [2.75, 3.05) is 0 Å². The zero-order valence-corrected chi connectivity index (χ0v) is 28.5. The first kappa shape index (κ1) is 30.1. The Hall–Kier alpha value is -2.33. The van der Waals surface area contributed by atoms with Gasteiger partial charge in [-0.15, -0.1) is 0 Å². The summed E-state index contributed by atoms with van der Waals surface area (Å²) in [6.07, 6.45) is 0. The van der Waals surface area contributed by atoms with Gasteiger partial charge in [0, 0.05) is 16.3 Å². The minimum Gasteiger partial charge on any atom is -0.435 e. The van der Waals surface area contributed by atoms with Crippen molar-refractivity contribution in [2.24, 2.45) is 0 Å². The van der Waals surface area contributed by atoms with E-state index in [4.69, 9.17) is 4.74 Å². The fourth-order valence-corrected chi connectivity index (χ4v) is 6.24. The average molecular weight is 898 g/mol. The highest BCUT2D eigenvalue weighted by Crippen LogP contribution is 2.39. The summed E-state index contributed by atoms with van der Waals surface area (Å²) < 4.78 is 43.7. The first-order chi connectivity index (χ1) is 19.6. The number of halogens is 3. The Morgan fingerprint density at radius 2 is 1.02 bits per heavy atom. The van der Waals surface area contributed by atoms with Crippen LogP contribution < -0.4 is 0 Å². The van der Waals surface area contributed by atoms with Gasteiger partial charge in [-0.05, 0) is 150 Å². The van der Waals surface area contributed by atoms with E-state index in [0.717, 1.165) is 33.0 Å². The Labute approximate surface area is 279 Å². The lowest BCUT2D eigenvalue weighted by atomic mass is 9.88. The summed E-state index contributed by atoms with van der Waals surface area (Å²) in [5.74, 6) is -0.868. The third kappa shape index (κ3) is 7.19. The summed E-state index contributed by atoms with van der Waals surface area (Å²) >= 11 is 6.70. The van der Waals surface area contributed by atoms with E-state index in [1.54, 1.807) is 18.2 Å². The maximum absolute atomic E-state index is 14.1. The zero-order chi connectivity index (χ0) is 29.1. The SMILES string of the molecule is O=C(OC(c1ccccc1)S(=O)(=O)O)c1c(-c2ccc(I)cc2)cc(-c2ccc(I)cc2)cc1-c1ccc(I)cc1. The Bertz CT molecular complexity index is 1740. The summed E-state index contributed by atoms with van der Waals surface area (Å²) in [6.45, 7) is 0. The fraction of sp³-hybridized carbons (Fsp3) is 0.0312. The number of carbonyl (C=O) groups is 1. The van der Waals surface area contributed by atoms with Gasteiger partial charge in [0.2, 0.25) is 0 Å². The van der Waals surface area contributed by atoms with Crippen LogP contribution in [0, 0.1) is 10.7 Å². The van der Waals surface area contributed by atoms with Crippen molar-refractivity contribution >= 4 is 83.9 Å². The van der Waals surface area contributed by atoms with Crippen molar-refractivity contribution < 1.29 is 22.5 Å². The van der Waals surface area contributed by atoms with Crippen molar-refractivity contribution in [1.82, 2.24) is 0 Å². The van der Waals surface area contributed by atoms with E-state index in [0.29, 0.717) is 11.1 Å². The topological polar surface area (TPSA) is 80.7 Å². The number of benzene rings is 5. The van der Waals surface area contributed by atoms with Crippen LogP contribution in [0.4, 0.5) is 0 Å². The largest absolute Gasteiger partial charge is 0.435 e. The number of rotatable bonds is 7. The molecule has 1 atom stereocenters. The highest BCUT2D eigenvalue weighted by atomic mass is 127. The summed E-state index contributed by atoms with van der Waals surface area (Å²) in [5, 5.41) is 0. The Morgan fingerprint density at radius 1 is 0.610 bits per heavy atom. The second-order valence-electron chi connectivity index (χ2n) is 9.13. The first-order valence-electron chi connectivity index (χ1n) is 12.3. The van der Waals surface area contributed by atoms with E-state index in [1.807, 2.05) is 84.9 Å². The summed E-state index contributed by atoms with van der Waals surface area (Å²) in [5.41, 5.74) is 2.99. The predicted octanol–water partition coefficient (Wildman–Crippen LogP) is 9.24. The van der Waals surface area contributed by atoms with Crippen molar-refractivity contribution in [3.63, 3.8) is 0 Å². The minimum atomic E-state index is -4.79. The number of esters is 1. The van der Waals surface area contributed by atoms with Crippen LogP contribution in [0.2, 0.25) is 0 Å². The van der Waals surface area contributed by atoms with Crippen LogP contribution in [0.3, 0.4) is 0 Å². The average Bonchev–Trinajstić information content (AvgIpc) is 2.96. The van der Waals surface area contributed by atoms with E-state index in [9.17, 15) is 17.8 Å². The quantitative estimate of drug-likeness (QED) is 0.100. The van der Waals surface area contributed by atoms with E-state index in [1.165, 1.54) is 12.1 Å². The molecule has 0 saturated heterocycles. The van der Waals surface area contributed by atoms with Gasteiger partial charge in [-0.3, -0.25) is 4.55 Å². The molecule has 1 N–H and O–H groups in total. The Morgan fingerprint density at radius 3 is 1.44 bits per heavy atom. The number of ether oxygens (including phenoxy) is 1. The maximum atomic E-state index is 14.1. The van der Waals surface area contributed by atoms with Crippen LogP contribution in [0.5, 0.6) is 0 Å². The Kier molecular flexibility index (Phi) is 9.48. The molecule has 0 aliphatic heterocycles. The smallest absolute Gasteiger partial charge is 0.341 e. The standard InChI is InChI=1S/C32H21I3O5S/c33-25-12-6-20(7-13-25)24-18-28(21-8-14-26(34)15-9-21)30(29(19-24)22-10-16-27(35)17-11-22)31(36)40-32(41(37,38)39)23-4-2-1-3-5-23/h1-19,32H,(H,37,38,39). The highest BCUT2D eigenvalue weighted by molar-refractivity contribution is 14.1. The van der Waals surface area contributed by atoms with Gasteiger partial charge in [0.15, 0.2) is 0 Å². The number of hydrogen-bond acceptors (Lipinski definition) is 4. The second-order valence-corrected chi connectivity index (χ2v) is 14.3.